The Morgan fingerprint density at radius 1 is 0.284 bits per heavy atom. The first-order valence-corrected chi connectivity index (χ1v) is 30.2. The van der Waals surface area contributed by atoms with Crippen LogP contribution in [0.25, 0.3) is 0 Å². The van der Waals surface area contributed by atoms with Crippen LogP contribution in [-0.4, -0.2) is 37.2 Å². The van der Waals surface area contributed by atoms with Crippen LogP contribution in [0.15, 0.2) is 0 Å². The van der Waals surface area contributed by atoms with Gasteiger partial charge in [-0.05, 0) is 31.1 Å². The number of carbonyl (C=O) groups excluding carboxylic acids is 3. The van der Waals surface area contributed by atoms with Crippen LogP contribution in [0, 0.1) is 11.8 Å². The van der Waals surface area contributed by atoms with Crippen molar-refractivity contribution in [3.05, 3.63) is 0 Å². The van der Waals surface area contributed by atoms with Crippen molar-refractivity contribution in [1.82, 2.24) is 0 Å². The Labute approximate surface area is 418 Å². The van der Waals surface area contributed by atoms with E-state index in [9.17, 15) is 14.4 Å². The zero-order chi connectivity index (χ0) is 48.9. The van der Waals surface area contributed by atoms with Crippen molar-refractivity contribution in [2.24, 2.45) is 11.8 Å². The summed E-state index contributed by atoms with van der Waals surface area (Å²) in [6.07, 6.45) is 58.2. The van der Waals surface area contributed by atoms with Gasteiger partial charge in [0, 0.05) is 19.3 Å². The van der Waals surface area contributed by atoms with Crippen molar-refractivity contribution in [2.75, 3.05) is 13.2 Å². The van der Waals surface area contributed by atoms with Gasteiger partial charge in [-0.2, -0.15) is 0 Å². The molecule has 0 heterocycles. The molecule has 0 aliphatic rings. The minimum absolute atomic E-state index is 0.0628. The van der Waals surface area contributed by atoms with Gasteiger partial charge in [-0.1, -0.05) is 304 Å². The number of hydrogen-bond donors (Lipinski definition) is 0. The minimum Gasteiger partial charge on any atom is -0.462 e. The summed E-state index contributed by atoms with van der Waals surface area (Å²) in [6, 6.07) is 0. The second kappa shape index (κ2) is 53.8. The summed E-state index contributed by atoms with van der Waals surface area (Å²) in [5.41, 5.74) is 0. The van der Waals surface area contributed by atoms with Crippen LogP contribution < -0.4 is 0 Å². The van der Waals surface area contributed by atoms with E-state index in [1.54, 1.807) is 0 Å². The van der Waals surface area contributed by atoms with E-state index in [1.165, 1.54) is 231 Å². The molecule has 0 N–H and O–H groups in total. The summed E-state index contributed by atoms with van der Waals surface area (Å²) < 4.78 is 16.9. The molecule has 0 radical (unpaired) electrons. The molecule has 0 amide bonds. The Bertz CT molecular complexity index is 1020. The molecule has 67 heavy (non-hydrogen) atoms. The fraction of sp³-hybridized carbons (Fsp3) is 0.951. The highest BCUT2D eigenvalue weighted by Crippen LogP contribution is 2.18. The van der Waals surface area contributed by atoms with Gasteiger partial charge in [0.25, 0.3) is 0 Å². The van der Waals surface area contributed by atoms with Gasteiger partial charge in [0.15, 0.2) is 6.10 Å². The lowest BCUT2D eigenvalue weighted by Crippen LogP contribution is -2.30. The second-order valence-electron chi connectivity index (χ2n) is 21.9. The van der Waals surface area contributed by atoms with Crippen LogP contribution in [0.2, 0.25) is 0 Å². The highest BCUT2D eigenvalue weighted by molar-refractivity contribution is 5.71. The van der Waals surface area contributed by atoms with Crippen LogP contribution in [0.1, 0.15) is 343 Å². The van der Waals surface area contributed by atoms with Crippen molar-refractivity contribution in [3.8, 4) is 0 Å². The monoisotopic (exact) mass is 947 g/mol. The summed E-state index contributed by atoms with van der Waals surface area (Å²) in [6.45, 7) is 11.4. The van der Waals surface area contributed by atoms with E-state index in [0.29, 0.717) is 19.3 Å². The zero-order valence-electron chi connectivity index (χ0n) is 46.0. The van der Waals surface area contributed by atoms with Gasteiger partial charge in [0.05, 0.1) is 0 Å². The lowest BCUT2D eigenvalue weighted by Gasteiger charge is -2.18. The summed E-state index contributed by atoms with van der Waals surface area (Å²) in [7, 11) is 0. The van der Waals surface area contributed by atoms with Crippen molar-refractivity contribution < 1.29 is 28.6 Å². The lowest BCUT2D eigenvalue weighted by molar-refractivity contribution is -0.167. The molecule has 0 aromatic carbocycles. The SMILES string of the molecule is CCCCCCCCCCCCCCCCCCCCCC(=O)OC[C@@H](COC(=O)CCCCCCCCCCC(C)C)OC(=O)CCCCCCCCCCCCCCCCCCC(C)C. The van der Waals surface area contributed by atoms with Crippen LogP contribution in [0.4, 0.5) is 0 Å². The van der Waals surface area contributed by atoms with E-state index in [2.05, 4.69) is 34.6 Å². The normalized spacial score (nSPS) is 12.0. The Morgan fingerprint density at radius 3 is 0.731 bits per heavy atom. The summed E-state index contributed by atoms with van der Waals surface area (Å²) in [5.74, 6) is 0.809. The van der Waals surface area contributed by atoms with Crippen molar-refractivity contribution >= 4 is 17.9 Å². The molecule has 0 aliphatic carbocycles. The maximum absolute atomic E-state index is 12.9. The highest BCUT2D eigenvalue weighted by Gasteiger charge is 2.19. The molecule has 6 nitrogen and oxygen atoms in total. The first kappa shape index (κ1) is 65.4. The summed E-state index contributed by atoms with van der Waals surface area (Å²) in [5, 5.41) is 0. The van der Waals surface area contributed by atoms with Gasteiger partial charge in [-0.3, -0.25) is 14.4 Å². The largest absolute Gasteiger partial charge is 0.462 e. The van der Waals surface area contributed by atoms with E-state index in [4.69, 9.17) is 14.2 Å². The number of unbranched alkanes of at least 4 members (excludes halogenated alkanes) is 40. The molecule has 0 aromatic rings. The standard InChI is InChI=1S/C61H118O6/c1-6-7-8-9-10-11-12-13-14-15-16-17-21-24-27-30-36-41-46-51-59(62)65-54-58(55-66-60(63)52-47-42-37-33-32-35-40-45-50-57(4)5)67-61(64)53-48-43-38-31-28-25-22-19-18-20-23-26-29-34-39-44-49-56(2)3/h56-58H,6-55H2,1-5H3/t58-/m0/s1. The Morgan fingerprint density at radius 2 is 0.493 bits per heavy atom. The smallest absolute Gasteiger partial charge is 0.306 e. The number of esters is 3. The molecule has 0 spiro atoms. The van der Waals surface area contributed by atoms with Gasteiger partial charge in [-0.25, -0.2) is 0 Å². The zero-order valence-corrected chi connectivity index (χ0v) is 46.0. The summed E-state index contributed by atoms with van der Waals surface area (Å²) >= 11 is 0. The van der Waals surface area contributed by atoms with Gasteiger partial charge < -0.3 is 14.2 Å². The maximum atomic E-state index is 12.9. The third-order valence-electron chi connectivity index (χ3n) is 14.0. The van der Waals surface area contributed by atoms with E-state index < -0.39 is 6.10 Å². The molecular formula is C61H118O6. The minimum atomic E-state index is -0.763. The van der Waals surface area contributed by atoms with E-state index in [0.717, 1.165) is 69.6 Å². The average molecular weight is 948 g/mol. The van der Waals surface area contributed by atoms with Gasteiger partial charge in [0.2, 0.25) is 0 Å². The second-order valence-corrected chi connectivity index (χ2v) is 21.9. The van der Waals surface area contributed by atoms with Crippen LogP contribution >= 0.6 is 0 Å². The molecule has 0 rings (SSSR count). The molecule has 0 saturated carbocycles. The molecule has 0 unspecified atom stereocenters. The van der Waals surface area contributed by atoms with Crippen LogP contribution in [0.5, 0.6) is 0 Å². The first-order chi connectivity index (χ1) is 32.7. The van der Waals surface area contributed by atoms with Crippen LogP contribution in [0.3, 0.4) is 0 Å². The molecule has 0 aromatic heterocycles. The quantitative estimate of drug-likeness (QED) is 0.0343. The van der Waals surface area contributed by atoms with E-state index >= 15 is 0 Å². The Kier molecular flexibility index (Phi) is 52.5. The molecule has 0 bridgehead atoms. The highest BCUT2D eigenvalue weighted by atomic mass is 16.6. The topological polar surface area (TPSA) is 78.9 Å². The average Bonchev–Trinajstić information content (AvgIpc) is 3.30. The van der Waals surface area contributed by atoms with Gasteiger partial charge >= 0.3 is 17.9 Å². The van der Waals surface area contributed by atoms with Crippen LogP contribution in [-0.2, 0) is 28.6 Å². The van der Waals surface area contributed by atoms with Crippen molar-refractivity contribution in [3.63, 3.8) is 0 Å². The third kappa shape index (κ3) is 55.2. The predicted molar refractivity (Wildman–Crippen MR) is 289 cm³/mol. The van der Waals surface area contributed by atoms with Crippen molar-refractivity contribution in [1.29, 1.82) is 0 Å². The fourth-order valence-corrected chi connectivity index (χ4v) is 9.40. The lowest BCUT2D eigenvalue weighted by atomic mass is 10.0. The van der Waals surface area contributed by atoms with Crippen molar-refractivity contribution in [2.45, 2.75) is 349 Å². The number of rotatable bonds is 55. The van der Waals surface area contributed by atoms with Gasteiger partial charge in [-0.15, -0.1) is 0 Å². The molecule has 0 aliphatic heterocycles. The maximum Gasteiger partial charge on any atom is 0.306 e. The molecule has 0 saturated heterocycles. The number of ether oxygens (including phenoxy) is 3. The Hall–Kier alpha value is -1.59. The Balaban J connectivity index is 4.24. The molecular weight excluding hydrogens is 829 g/mol. The fourth-order valence-electron chi connectivity index (χ4n) is 9.40. The molecule has 1 atom stereocenters. The summed E-state index contributed by atoms with van der Waals surface area (Å²) in [4.78, 5) is 38.2. The van der Waals surface area contributed by atoms with E-state index in [-0.39, 0.29) is 31.1 Å². The predicted octanol–water partition coefficient (Wildman–Crippen LogP) is 20.0. The molecule has 6 heteroatoms. The number of carbonyl (C=O) groups is 3. The molecule has 398 valence electrons. The first-order valence-electron chi connectivity index (χ1n) is 30.2. The molecule has 0 fully saturated rings. The number of hydrogen-bond acceptors (Lipinski definition) is 6. The third-order valence-corrected chi connectivity index (χ3v) is 14.0. The van der Waals surface area contributed by atoms with Gasteiger partial charge in [0.1, 0.15) is 13.2 Å². The van der Waals surface area contributed by atoms with E-state index in [1.807, 2.05) is 0 Å².